The molecule has 1 aromatic carbocycles. The van der Waals surface area contributed by atoms with Gasteiger partial charge >= 0.3 is 5.97 Å². The van der Waals surface area contributed by atoms with Gasteiger partial charge < -0.3 is 24.2 Å². The summed E-state index contributed by atoms with van der Waals surface area (Å²) in [6.45, 7) is 10.5. The molecule has 9 heteroatoms. The first kappa shape index (κ1) is 30.6. The summed E-state index contributed by atoms with van der Waals surface area (Å²) in [5, 5.41) is 11.2. The Hall–Kier alpha value is -1.96. The molecule has 2 aliphatic carbocycles. The summed E-state index contributed by atoms with van der Waals surface area (Å²) in [6.07, 6.45) is 7.14. The molecular weight excluding hydrogens is 505 g/mol. The molecule has 38 heavy (non-hydrogen) atoms. The topological polar surface area (TPSA) is 108 Å². The third kappa shape index (κ3) is 7.57. The second kappa shape index (κ2) is 12.9. The van der Waals surface area contributed by atoms with Crippen LogP contribution in [0.5, 0.6) is 11.5 Å². The van der Waals surface area contributed by atoms with Crippen molar-refractivity contribution in [3.05, 3.63) is 47.1 Å². The fraction of sp³-hybridized carbons (Fsp3) is 0.621. The number of aromatic hydroxyl groups is 1. The number of ether oxygens (including phenoxy) is 1. The summed E-state index contributed by atoms with van der Waals surface area (Å²) in [5.41, 5.74) is 1.88. The lowest BCUT2D eigenvalue weighted by Gasteiger charge is -2.35. The van der Waals surface area contributed by atoms with Gasteiger partial charge in [0, 0.05) is 18.0 Å². The Balaban J connectivity index is 1.98. The molecule has 1 fully saturated rings. The van der Waals surface area contributed by atoms with Gasteiger partial charge in [-0.3, -0.25) is 9.09 Å². The fourth-order valence-electron chi connectivity index (χ4n) is 5.47. The summed E-state index contributed by atoms with van der Waals surface area (Å²) >= 11 is 0. The molecule has 8 nitrogen and oxygen atoms in total. The van der Waals surface area contributed by atoms with Crippen LogP contribution in [0.3, 0.4) is 0 Å². The Labute approximate surface area is 227 Å². The van der Waals surface area contributed by atoms with Crippen LogP contribution in [0.2, 0.25) is 0 Å². The monoisotopic (exact) mass is 548 g/mol. The van der Waals surface area contributed by atoms with E-state index in [0.717, 1.165) is 30.4 Å². The van der Waals surface area contributed by atoms with Crippen molar-refractivity contribution in [2.75, 3.05) is 27.2 Å². The van der Waals surface area contributed by atoms with Crippen LogP contribution in [0.25, 0.3) is 0 Å². The maximum absolute atomic E-state index is 13.7. The first-order valence-corrected chi connectivity index (χ1v) is 15.1. The first-order valence-electron chi connectivity index (χ1n) is 13.6. The minimum absolute atomic E-state index is 0.0591. The molecule has 1 N–H and O–H groups in total. The molecule has 0 bridgehead atoms. The predicted molar refractivity (Wildman–Crippen MR) is 146 cm³/mol. The van der Waals surface area contributed by atoms with Crippen LogP contribution in [0.1, 0.15) is 82.8 Å². The molecule has 3 rings (SSSR count). The molecule has 3 atom stereocenters. The quantitative estimate of drug-likeness (QED) is 0.155. The van der Waals surface area contributed by atoms with Crippen molar-refractivity contribution < 1.29 is 33.1 Å². The molecule has 0 aromatic heterocycles. The van der Waals surface area contributed by atoms with Gasteiger partial charge in [-0.1, -0.05) is 37.1 Å². The molecule has 0 radical (unpaired) electrons. The van der Waals surface area contributed by atoms with Crippen molar-refractivity contribution in [1.82, 2.24) is 4.90 Å². The van der Waals surface area contributed by atoms with E-state index < -0.39 is 19.4 Å². The van der Waals surface area contributed by atoms with E-state index in [4.69, 9.17) is 13.8 Å². The lowest BCUT2D eigenvalue weighted by Crippen LogP contribution is -2.42. The number of phenols is 1. The number of rotatable bonds is 12. The summed E-state index contributed by atoms with van der Waals surface area (Å²) in [5.74, 6) is -0.628. The van der Waals surface area contributed by atoms with Crippen LogP contribution in [0.4, 0.5) is 0 Å². The van der Waals surface area contributed by atoms with Crippen LogP contribution in [0, 0.1) is 5.92 Å². The molecule has 2 aliphatic rings. The zero-order valence-electron chi connectivity index (χ0n) is 23.5. The number of aryl methyl sites for hydroxylation is 1. The highest BCUT2D eigenvalue weighted by Crippen LogP contribution is 2.51. The Kier molecular flexibility index (Phi) is 10.4. The minimum Gasteiger partial charge on any atom is -0.756 e. The van der Waals surface area contributed by atoms with Crippen LogP contribution < -0.4 is 9.63 Å². The number of nitrogens with zero attached hydrogens (tertiary/aromatic N) is 1. The van der Waals surface area contributed by atoms with Crippen molar-refractivity contribution in [3.8, 4) is 11.5 Å². The highest BCUT2D eigenvalue weighted by atomic mass is 31.2. The second-order valence-electron chi connectivity index (χ2n) is 11.1. The summed E-state index contributed by atoms with van der Waals surface area (Å²) in [7, 11) is -1.16. The van der Waals surface area contributed by atoms with E-state index in [1.165, 1.54) is 5.57 Å². The maximum Gasteiger partial charge on any atom is 0.344 e. The lowest BCUT2D eigenvalue weighted by molar-refractivity contribution is -0.237. The van der Waals surface area contributed by atoms with E-state index in [1.54, 1.807) is 31.1 Å². The summed E-state index contributed by atoms with van der Waals surface area (Å²) in [4.78, 5) is 28.2. The fourth-order valence-corrected chi connectivity index (χ4v) is 6.52. The average Bonchev–Trinajstić information content (AvgIpc) is 3.27. The third-order valence-electron chi connectivity index (χ3n) is 7.49. The number of carbonyl (C=O) groups is 1. The molecule has 0 spiro atoms. The van der Waals surface area contributed by atoms with Crippen LogP contribution in [-0.2, 0) is 24.8 Å². The lowest BCUT2D eigenvalue weighted by atomic mass is 9.73. The Morgan fingerprint density at radius 2 is 1.97 bits per heavy atom. The minimum atomic E-state index is -4.77. The van der Waals surface area contributed by atoms with Gasteiger partial charge in [-0.15, -0.1) is 0 Å². The van der Waals surface area contributed by atoms with Gasteiger partial charge in [-0.25, -0.2) is 4.79 Å². The van der Waals surface area contributed by atoms with Gasteiger partial charge in [0.15, 0.2) is 5.60 Å². The van der Waals surface area contributed by atoms with Gasteiger partial charge in [-0.2, -0.15) is 0 Å². The molecule has 0 aliphatic heterocycles. The Morgan fingerprint density at radius 1 is 1.29 bits per heavy atom. The van der Waals surface area contributed by atoms with Gasteiger partial charge in [0.1, 0.15) is 11.5 Å². The van der Waals surface area contributed by atoms with Crippen molar-refractivity contribution >= 4 is 13.8 Å². The number of phenolic OH excluding ortho intramolecular Hbond substituents is 1. The smallest absolute Gasteiger partial charge is 0.344 e. The predicted octanol–water partition coefficient (Wildman–Crippen LogP) is 5.64. The van der Waals surface area contributed by atoms with E-state index in [2.05, 4.69) is 19.6 Å². The van der Waals surface area contributed by atoms with E-state index in [9.17, 15) is 19.4 Å². The molecule has 212 valence electrons. The molecule has 1 saturated carbocycles. The van der Waals surface area contributed by atoms with Crippen molar-refractivity contribution in [2.45, 2.75) is 83.7 Å². The van der Waals surface area contributed by atoms with Crippen LogP contribution in [-0.4, -0.2) is 48.8 Å². The number of benzene rings is 1. The standard InChI is InChI=1S/C29H44NO7P/c1-7-10-22-18-25(31)27(24-17-21(4)11-12-23(24)20(2)3)26(19-22)36-28(32)29(13-8-9-14-29)37-38(33,34)35-16-15-30(5)6/h17-19,23-24,31H,2,7-16H2,1,3-6H3,(H,33,34)/p-1/t23-,24+/m0/s1. The van der Waals surface area contributed by atoms with Crippen LogP contribution in [0.15, 0.2) is 35.9 Å². The number of esters is 1. The number of phosphoric ester groups is 1. The normalized spacial score (nSPS) is 22.7. The van der Waals surface area contributed by atoms with Gasteiger partial charge in [0.2, 0.25) is 0 Å². The summed E-state index contributed by atoms with van der Waals surface area (Å²) in [6, 6.07) is 3.52. The van der Waals surface area contributed by atoms with E-state index in [1.807, 2.05) is 13.8 Å². The molecular formula is C29H43NO7P-. The Bertz CT molecular complexity index is 1090. The SMILES string of the molecule is C=C(C)[C@@H]1CCC(C)=C[C@H]1c1c(O)cc(CCC)cc1OC(=O)C1(OP(=O)([O-])OCCN(C)C)CCCC1. The number of hydrogen-bond acceptors (Lipinski definition) is 8. The van der Waals surface area contributed by atoms with E-state index >= 15 is 0 Å². The van der Waals surface area contributed by atoms with Crippen molar-refractivity contribution in [2.24, 2.45) is 5.92 Å². The number of carbonyl (C=O) groups excluding carboxylic acids is 1. The molecule has 0 amide bonds. The van der Waals surface area contributed by atoms with Crippen molar-refractivity contribution in [3.63, 3.8) is 0 Å². The van der Waals surface area contributed by atoms with Gasteiger partial charge in [-0.05, 0) is 96.5 Å². The van der Waals surface area contributed by atoms with E-state index in [-0.39, 0.29) is 42.8 Å². The van der Waals surface area contributed by atoms with Gasteiger partial charge in [0.05, 0.1) is 6.61 Å². The zero-order chi connectivity index (χ0) is 28.1. The van der Waals surface area contributed by atoms with Crippen LogP contribution >= 0.6 is 7.82 Å². The number of allylic oxidation sites excluding steroid dienone is 3. The number of hydrogen-bond donors (Lipinski definition) is 1. The molecule has 0 saturated heterocycles. The van der Waals surface area contributed by atoms with Crippen molar-refractivity contribution in [1.29, 1.82) is 0 Å². The molecule has 0 heterocycles. The Morgan fingerprint density at radius 3 is 2.58 bits per heavy atom. The average molecular weight is 549 g/mol. The molecule has 1 unspecified atom stereocenters. The highest BCUT2D eigenvalue weighted by molar-refractivity contribution is 7.46. The molecule has 1 aromatic rings. The summed E-state index contributed by atoms with van der Waals surface area (Å²) < 4.78 is 29.2. The third-order valence-corrected chi connectivity index (χ3v) is 8.56. The van der Waals surface area contributed by atoms with Gasteiger partial charge in [0.25, 0.3) is 7.82 Å². The highest BCUT2D eigenvalue weighted by Gasteiger charge is 2.47. The maximum atomic E-state index is 13.7. The largest absolute Gasteiger partial charge is 0.756 e. The number of likely N-dealkylation sites (N-methyl/N-ethyl adjacent to an activating group) is 1. The zero-order valence-corrected chi connectivity index (χ0v) is 24.4. The first-order chi connectivity index (χ1) is 17.9. The second-order valence-corrected chi connectivity index (χ2v) is 12.4. The number of phosphoric acid groups is 1. The van der Waals surface area contributed by atoms with E-state index in [0.29, 0.717) is 31.4 Å².